The van der Waals surface area contributed by atoms with E-state index in [9.17, 15) is 9.18 Å². The molecule has 148 valence electrons. The summed E-state index contributed by atoms with van der Waals surface area (Å²) in [6, 6.07) is 27.3. The number of carbonyl (C=O) groups is 1. The number of benzene rings is 4. The van der Waals surface area contributed by atoms with Gasteiger partial charge in [-0.2, -0.15) is 0 Å². The summed E-state index contributed by atoms with van der Waals surface area (Å²) in [4.78, 5) is 15.1. The Labute approximate surface area is 175 Å². The summed E-state index contributed by atoms with van der Waals surface area (Å²) in [5, 5.41) is 2.17. The molecule has 1 amide bonds. The molecular weight excluding hydrogens is 373 g/mol. The molecule has 0 aromatic heterocycles. The first-order valence-electron chi connectivity index (χ1n) is 10.2. The molecule has 0 N–H and O–H groups in total. The Morgan fingerprint density at radius 1 is 0.900 bits per heavy atom. The minimum absolute atomic E-state index is 0.0200. The van der Waals surface area contributed by atoms with Crippen LogP contribution in [0.15, 0.2) is 84.9 Å². The van der Waals surface area contributed by atoms with Crippen LogP contribution in [0.1, 0.15) is 34.6 Å². The van der Waals surface area contributed by atoms with Crippen LogP contribution in [0, 0.1) is 12.7 Å². The highest BCUT2D eigenvalue weighted by molar-refractivity contribution is 6.03. The first kappa shape index (κ1) is 18.6. The number of aryl methyl sites for hydroxylation is 1. The van der Waals surface area contributed by atoms with Crippen LogP contribution in [-0.2, 0) is 11.3 Å². The molecule has 1 aliphatic heterocycles. The Morgan fingerprint density at radius 3 is 2.43 bits per heavy atom. The maximum absolute atomic E-state index is 14.8. The number of amides is 1. The molecule has 0 aliphatic carbocycles. The van der Waals surface area contributed by atoms with Crippen LogP contribution in [-0.4, -0.2) is 5.91 Å². The quantitative estimate of drug-likeness (QED) is 0.395. The molecule has 2 nitrogen and oxygen atoms in total. The van der Waals surface area contributed by atoms with Crippen molar-refractivity contribution in [1.82, 2.24) is 0 Å². The van der Waals surface area contributed by atoms with Gasteiger partial charge in [0, 0.05) is 18.0 Å². The molecule has 4 aromatic rings. The lowest BCUT2D eigenvalue weighted by Gasteiger charge is -2.35. The van der Waals surface area contributed by atoms with Crippen molar-refractivity contribution in [3.05, 3.63) is 113 Å². The van der Waals surface area contributed by atoms with E-state index in [-0.39, 0.29) is 24.1 Å². The molecule has 5 rings (SSSR count). The topological polar surface area (TPSA) is 20.3 Å². The summed E-state index contributed by atoms with van der Waals surface area (Å²) in [5.41, 5.74) is 4.76. The fraction of sp³-hybridized carbons (Fsp3) is 0.148. The predicted molar refractivity (Wildman–Crippen MR) is 119 cm³/mol. The van der Waals surface area contributed by atoms with Crippen molar-refractivity contribution in [2.75, 3.05) is 4.90 Å². The van der Waals surface area contributed by atoms with Gasteiger partial charge in [-0.25, -0.2) is 4.39 Å². The smallest absolute Gasteiger partial charge is 0.228 e. The number of anilines is 1. The van der Waals surface area contributed by atoms with Crippen molar-refractivity contribution in [1.29, 1.82) is 0 Å². The zero-order valence-corrected chi connectivity index (χ0v) is 16.8. The van der Waals surface area contributed by atoms with Crippen LogP contribution in [0.3, 0.4) is 0 Å². The van der Waals surface area contributed by atoms with E-state index < -0.39 is 0 Å². The fourth-order valence-corrected chi connectivity index (χ4v) is 4.48. The normalized spacial score (nSPS) is 16.0. The first-order valence-corrected chi connectivity index (χ1v) is 10.2. The van der Waals surface area contributed by atoms with Gasteiger partial charge in [0.2, 0.25) is 5.91 Å². The zero-order chi connectivity index (χ0) is 20.7. The lowest BCUT2D eigenvalue weighted by molar-refractivity contribution is -0.119. The number of carbonyl (C=O) groups excluding carboxylic acids is 1. The third-order valence-corrected chi connectivity index (χ3v) is 6.01. The third kappa shape index (κ3) is 3.17. The van der Waals surface area contributed by atoms with E-state index in [4.69, 9.17) is 0 Å². The SMILES string of the molecule is Cc1ccc(CN2C(=O)CC(c3ccccc3F)c3c2ccc2ccccc32)cc1. The molecule has 0 radical (unpaired) electrons. The number of rotatable bonds is 3. The Balaban J connectivity index is 1.69. The molecule has 1 unspecified atom stereocenters. The zero-order valence-electron chi connectivity index (χ0n) is 16.8. The van der Waals surface area contributed by atoms with Crippen molar-refractivity contribution in [2.24, 2.45) is 0 Å². The van der Waals surface area contributed by atoms with Crippen molar-refractivity contribution < 1.29 is 9.18 Å². The summed E-state index contributed by atoms with van der Waals surface area (Å²) in [6.45, 7) is 2.56. The second-order valence-corrected chi connectivity index (χ2v) is 7.96. The summed E-state index contributed by atoms with van der Waals surface area (Å²) < 4.78 is 14.8. The van der Waals surface area contributed by atoms with Crippen molar-refractivity contribution >= 4 is 22.4 Å². The lowest BCUT2D eigenvalue weighted by atomic mass is 9.81. The van der Waals surface area contributed by atoms with Gasteiger partial charge >= 0.3 is 0 Å². The Bertz CT molecular complexity index is 1250. The Hall–Kier alpha value is -3.46. The third-order valence-electron chi connectivity index (χ3n) is 6.01. The van der Waals surface area contributed by atoms with Crippen LogP contribution >= 0.6 is 0 Å². The summed E-state index contributed by atoms with van der Waals surface area (Å²) >= 11 is 0. The average Bonchev–Trinajstić information content (AvgIpc) is 2.77. The highest BCUT2D eigenvalue weighted by Crippen LogP contribution is 2.45. The molecule has 1 atom stereocenters. The molecule has 0 bridgehead atoms. The maximum atomic E-state index is 14.8. The van der Waals surface area contributed by atoms with E-state index in [1.54, 1.807) is 12.1 Å². The van der Waals surface area contributed by atoms with Gasteiger partial charge in [-0.1, -0.05) is 78.4 Å². The van der Waals surface area contributed by atoms with Gasteiger partial charge < -0.3 is 4.90 Å². The van der Waals surface area contributed by atoms with Crippen molar-refractivity contribution in [3.63, 3.8) is 0 Å². The van der Waals surface area contributed by atoms with Crippen LogP contribution in [0.5, 0.6) is 0 Å². The van der Waals surface area contributed by atoms with Gasteiger partial charge in [0.25, 0.3) is 0 Å². The molecule has 0 saturated heterocycles. The molecule has 0 saturated carbocycles. The van der Waals surface area contributed by atoms with Crippen LogP contribution < -0.4 is 4.90 Å². The molecule has 3 heteroatoms. The van der Waals surface area contributed by atoms with E-state index in [1.807, 2.05) is 35.2 Å². The Morgan fingerprint density at radius 2 is 1.63 bits per heavy atom. The number of hydrogen-bond acceptors (Lipinski definition) is 1. The highest BCUT2D eigenvalue weighted by Gasteiger charge is 2.34. The second-order valence-electron chi connectivity index (χ2n) is 7.96. The summed E-state index contributed by atoms with van der Waals surface area (Å²) in [6.07, 6.45) is 0.258. The monoisotopic (exact) mass is 395 g/mol. The molecular formula is C27H22FNO. The Kier molecular flexibility index (Phi) is 4.59. The number of fused-ring (bicyclic) bond motifs is 3. The van der Waals surface area contributed by atoms with Gasteiger partial charge in [-0.3, -0.25) is 4.79 Å². The van der Waals surface area contributed by atoms with E-state index in [0.717, 1.165) is 27.6 Å². The molecule has 0 fully saturated rings. The molecule has 30 heavy (non-hydrogen) atoms. The fourth-order valence-electron chi connectivity index (χ4n) is 4.48. The van der Waals surface area contributed by atoms with Gasteiger partial charge in [-0.05, 0) is 46.5 Å². The van der Waals surface area contributed by atoms with Gasteiger partial charge in [0.05, 0.1) is 6.54 Å². The summed E-state index contributed by atoms with van der Waals surface area (Å²) in [7, 11) is 0. The lowest BCUT2D eigenvalue weighted by Crippen LogP contribution is -2.36. The van der Waals surface area contributed by atoms with E-state index >= 15 is 0 Å². The second kappa shape index (κ2) is 7.42. The number of nitrogens with zero attached hydrogens (tertiary/aromatic N) is 1. The largest absolute Gasteiger partial charge is 0.308 e. The minimum atomic E-state index is -0.297. The van der Waals surface area contributed by atoms with E-state index in [2.05, 4.69) is 43.3 Å². The highest BCUT2D eigenvalue weighted by atomic mass is 19.1. The number of hydrogen-bond donors (Lipinski definition) is 0. The van der Waals surface area contributed by atoms with E-state index in [0.29, 0.717) is 12.1 Å². The van der Waals surface area contributed by atoms with Crippen LogP contribution in [0.2, 0.25) is 0 Å². The molecule has 0 spiro atoms. The number of halogens is 1. The minimum Gasteiger partial charge on any atom is -0.308 e. The summed E-state index contributed by atoms with van der Waals surface area (Å²) in [5.74, 6) is -0.540. The van der Waals surface area contributed by atoms with Crippen molar-refractivity contribution in [3.8, 4) is 0 Å². The van der Waals surface area contributed by atoms with Gasteiger partial charge in [0.1, 0.15) is 5.82 Å². The molecule has 1 aliphatic rings. The van der Waals surface area contributed by atoms with Crippen molar-refractivity contribution in [2.45, 2.75) is 25.8 Å². The van der Waals surface area contributed by atoms with Crippen LogP contribution in [0.4, 0.5) is 10.1 Å². The van der Waals surface area contributed by atoms with Gasteiger partial charge in [0.15, 0.2) is 0 Å². The standard InChI is InChI=1S/C27H22FNO/c1-18-10-12-19(13-11-18)17-29-25-15-14-20-6-2-3-7-21(20)27(25)23(16-26(29)30)22-8-4-5-9-24(22)28/h2-15,23H,16-17H2,1H3. The first-order chi connectivity index (χ1) is 14.6. The molecule has 4 aromatic carbocycles. The van der Waals surface area contributed by atoms with Crippen LogP contribution in [0.25, 0.3) is 10.8 Å². The predicted octanol–water partition coefficient (Wildman–Crippen LogP) is 6.36. The average molecular weight is 395 g/mol. The van der Waals surface area contributed by atoms with E-state index in [1.165, 1.54) is 11.6 Å². The maximum Gasteiger partial charge on any atom is 0.228 e. The molecule has 1 heterocycles. The van der Waals surface area contributed by atoms with Gasteiger partial charge in [-0.15, -0.1) is 0 Å².